The van der Waals surface area contributed by atoms with Crippen LogP contribution in [0.25, 0.3) is 5.70 Å². The third kappa shape index (κ3) is 6.36. The van der Waals surface area contributed by atoms with Crippen LogP contribution in [-0.4, -0.2) is 57.8 Å². The topological polar surface area (TPSA) is 78.0 Å². The zero-order valence-electron chi connectivity index (χ0n) is 20.3. The summed E-state index contributed by atoms with van der Waals surface area (Å²) in [6.45, 7) is 4.89. The van der Waals surface area contributed by atoms with Crippen molar-refractivity contribution in [3.63, 3.8) is 0 Å². The van der Waals surface area contributed by atoms with E-state index in [0.29, 0.717) is 19.0 Å². The highest BCUT2D eigenvalue weighted by atomic mass is 127. The molecule has 0 aliphatic carbocycles. The fraction of sp³-hybridized carbons (Fsp3) is 0.400. The van der Waals surface area contributed by atoms with Gasteiger partial charge < -0.3 is 25.6 Å². The van der Waals surface area contributed by atoms with E-state index in [2.05, 4.69) is 34.2 Å². The molecule has 1 aromatic carbocycles. The van der Waals surface area contributed by atoms with E-state index in [-0.39, 0.29) is 19.5 Å². The smallest absolute Gasteiger partial charge is 0.368 e. The summed E-state index contributed by atoms with van der Waals surface area (Å²) in [6.07, 6.45) is 1.96. The Bertz CT molecular complexity index is 1190. The molecule has 194 valence electrons. The number of aryl methyl sites for hydroxylation is 1. The van der Waals surface area contributed by atoms with Crippen molar-refractivity contribution in [2.75, 3.05) is 38.8 Å². The van der Waals surface area contributed by atoms with Crippen LogP contribution in [0.1, 0.15) is 24.5 Å². The van der Waals surface area contributed by atoms with Crippen molar-refractivity contribution >= 4 is 45.4 Å². The zero-order valence-corrected chi connectivity index (χ0v) is 22.5. The number of ether oxygens (including phenoxy) is 1. The average Bonchev–Trinajstić information content (AvgIpc) is 3.35. The van der Waals surface area contributed by atoms with Crippen molar-refractivity contribution in [2.24, 2.45) is 10.9 Å². The van der Waals surface area contributed by atoms with Gasteiger partial charge in [-0.05, 0) is 55.7 Å². The van der Waals surface area contributed by atoms with Crippen molar-refractivity contribution in [3.8, 4) is 0 Å². The molecule has 3 aliphatic rings. The standard InChI is InChI=1S/C25H29F3IN5O2/c1-15-4-5-19(33-24(35)34-9-7-18(13-34)25(26,27)28)11-20(15)22-12-21(29-16(2)32-22)17-6-8-30-23(10-17)31-14-36-3/h4-6,10-12,18,30-31H,7-9,13-14H2,1-3H3,(H,33,35)/t18-/m0/s1. The third-order valence-corrected chi connectivity index (χ3v) is 8.61. The maximum atomic E-state index is 13.0. The maximum Gasteiger partial charge on any atom is 0.393 e. The second-order valence-corrected chi connectivity index (χ2v) is 12.0. The minimum Gasteiger partial charge on any atom is -0.368 e. The molecule has 0 radical (unpaired) electrons. The fourth-order valence-corrected chi connectivity index (χ4v) is 6.51. The fourth-order valence-electron chi connectivity index (χ4n) is 4.15. The van der Waals surface area contributed by atoms with Gasteiger partial charge in [-0.3, -0.25) is 0 Å². The van der Waals surface area contributed by atoms with Gasteiger partial charge in [0.25, 0.3) is 0 Å². The Hall–Kier alpha value is -2.67. The molecule has 0 unspecified atom stereocenters. The van der Waals surface area contributed by atoms with Crippen LogP contribution < -0.4 is 16.0 Å². The van der Waals surface area contributed by atoms with Gasteiger partial charge in [0, 0.05) is 41.5 Å². The minimum absolute atomic E-state index is 0.0683. The molecule has 0 aromatic heterocycles. The molecule has 3 N–H and O–H groups in total. The van der Waals surface area contributed by atoms with Crippen LogP contribution in [0.3, 0.4) is 0 Å². The van der Waals surface area contributed by atoms with Gasteiger partial charge in [-0.1, -0.05) is 32.9 Å². The minimum atomic E-state index is -4.29. The van der Waals surface area contributed by atoms with Gasteiger partial charge in [-0.2, -0.15) is 13.2 Å². The van der Waals surface area contributed by atoms with E-state index >= 15 is 0 Å². The number of anilines is 1. The van der Waals surface area contributed by atoms with Gasteiger partial charge in [-0.25, -0.2) is 9.79 Å². The van der Waals surface area contributed by atoms with Gasteiger partial charge in [-0.15, -0.1) is 0 Å². The van der Waals surface area contributed by atoms with Crippen LogP contribution in [0, 0.1) is 12.8 Å². The van der Waals surface area contributed by atoms with Crippen molar-refractivity contribution in [1.29, 1.82) is 0 Å². The first-order valence-corrected chi connectivity index (χ1v) is 13.7. The number of hydrogen-bond donors (Lipinski definition) is 3. The summed E-state index contributed by atoms with van der Waals surface area (Å²) in [4.78, 5) is 18.7. The predicted molar refractivity (Wildman–Crippen MR) is 145 cm³/mol. The number of alkyl halides is 3. The molecular weight excluding hydrogens is 586 g/mol. The summed E-state index contributed by atoms with van der Waals surface area (Å²) in [5, 5.41) is 9.24. The maximum absolute atomic E-state index is 13.0. The number of hydrogen-bond acceptors (Lipinski definition) is 5. The number of allylic oxidation sites excluding steroid dienone is 3. The highest BCUT2D eigenvalue weighted by Crippen LogP contribution is 2.34. The number of likely N-dealkylation sites (tertiary alicyclic amines) is 1. The monoisotopic (exact) mass is 615 g/mol. The molecular formula is C25H29F3IN5O2. The van der Waals surface area contributed by atoms with E-state index in [9.17, 15) is 18.0 Å². The number of nitrogens with zero attached hydrogens (tertiary/aromatic N) is 2. The second kappa shape index (κ2) is 11.2. The zero-order chi connectivity index (χ0) is 25.9. The molecule has 0 saturated carbocycles. The summed E-state index contributed by atoms with van der Waals surface area (Å²) in [6, 6.07) is 4.97. The van der Waals surface area contributed by atoms with Gasteiger partial charge in [0.2, 0.25) is 0 Å². The summed E-state index contributed by atoms with van der Waals surface area (Å²) in [5.41, 5.74) is 4.34. The quantitative estimate of drug-likeness (QED) is 0.315. The first-order valence-electron chi connectivity index (χ1n) is 11.6. The molecule has 1 fully saturated rings. The number of methoxy groups -OCH3 is 1. The number of dihydropyridines is 1. The van der Waals surface area contributed by atoms with Crippen LogP contribution in [0.15, 0.2) is 52.8 Å². The molecule has 1 atom stereocenters. The molecule has 7 nitrogen and oxygen atoms in total. The van der Waals surface area contributed by atoms with E-state index in [1.807, 2.05) is 26.0 Å². The number of aliphatic imine (C=N–C) groups is 1. The van der Waals surface area contributed by atoms with E-state index in [0.717, 1.165) is 31.9 Å². The lowest BCUT2D eigenvalue weighted by Gasteiger charge is -2.20. The van der Waals surface area contributed by atoms with E-state index in [1.165, 1.54) is 8.41 Å². The normalized spacial score (nSPS) is 20.2. The number of rotatable bonds is 6. The summed E-state index contributed by atoms with van der Waals surface area (Å²) in [5.74, 6) is -0.570. The summed E-state index contributed by atoms with van der Waals surface area (Å²) >= 11 is -0.422. The van der Waals surface area contributed by atoms with Crippen LogP contribution in [0.2, 0.25) is 0 Å². The number of urea groups is 1. The SMILES string of the molecule is COCNC1=CC(C2=IC(C)=NC(c3cc(NC(=O)N4CC[C@H](C(F)(F)F)C4)ccc3C)=C2)=CCN1. The Morgan fingerprint density at radius 1 is 1.31 bits per heavy atom. The largest absolute Gasteiger partial charge is 0.393 e. The number of benzene rings is 1. The number of halogens is 4. The molecule has 11 heteroatoms. The third-order valence-electron chi connectivity index (χ3n) is 6.08. The molecule has 1 aromatic rings. The van der Waals surface area contributed by atoms with E-state index < -0.39 is 38.9 Å². The van der Waals surface area contributed by atoms with Gasteiger partial charge in [0.05, 0.1) is 15.3 Å². The number of nitrogens with one attached hydrogen (secondary N) is 3. The van der Waals surface area contributed by atoms with E-state index in [1.54, 1.807) is 13.2 Å². The lowest BCUT2D eigenvalue weighted by molar-refractivity contribution is -0.169. The predicted octanol–water partition coefficient (Wildman–Crippen LogP) is 4.89. The molecule has 4 rings (SSSR count). The second-order valence-electron chi connectivity index (χ2n) is 8.72. The first-order chi connectivity index (χ1) is 17.1. The lowest BCUT2D eigenvalue weighted by Crippen LogP contribution is -2.35. The molecule has 0 spiro atoms. The number of amides is 2. The average molecular weight is 615 g/mol. The molecule has 3 aliphatic heterocycles. The molecule has 1 saturated heterocycles. The number of carbonyl (C=O) groups is 1. The Labute approximate surface area is 218 Å². The molecule has 36 heavy (non-hydrogen) atoms. The Morgan fingerprint density at radius 2 is 2.11 bits per heavy atom. The molecule has 0 bridgehead atoms. The highest BCUT2D eigenvalue weighted by molar-refractivity contribution is 14.2. The van der Waals surface area contributed by atoms with Crippen LogP contribution >= 0.6 is 20.7 Å². The van der Waals surface area contributed by atoms with Crippen molar-refractivity contribution in [3.05, 3.63) is 58.9 Å². The summed E-state index contributed by atoms with van der Waals surface area (Å²) in [7, 11) is 1.63. The molecule has 2 amide bonds. The van der Waals surface area contributed by atoms with Gasteiger partial charge in [0.15, 0.2) is 0 Å². The Morgan fingerprint density at radius 3 is 2.83 bits per heavy atom. The van der Waals surface area contributed by atoms with Gasteiger partial charge in [0.1, 0.15) is 12.6 Å². The van der Waals surface area contributed by atoms with Crippen LogP contribution in [-0.2, 0) is 4.74 Å². The Balaban J connectivity index is 1.53. The number of carbonyl (C=O) groups excluding carboxylic acids is 1. The summed E-state index contributed by atoms with van der Waals surface area (Å²) < 4.78 is 46.4. The molecule has 3 heterocycles. The highest BCUT2D eigenvalue weighted by Gasteiger charge is 2.44. The lowest BCUT2D eigenvalue weighted by atomic mass is 10.0. The van der Waals surface area contributed by atoms with Crippen molar-refractivity contribution in [2.45, 2.75) is 26.4 Å². The van der Waals surface area contributed by atoms with Gasteiger partial charge >= 0.3 is 12.2 Å². The van der Waals surface area contributed by atoms with Crippen molar-refractivity contribution < 1.29 is 22.7 Å². The van der Waals surface area contributed by atoms with Crippen LogP contribution in [0.5, 0.6) is 0 Å². The Kier molecular flexibility index (Phi) is 8.18. The first kappa shape index (κ1) is 26.4. The van der Waals surface area contributed by atoms with Crippen molar-refractivity contribution in [1.82, 2.24) is 15.5 Å². The van der Waals surface area contributed by atoms with E-state index in [4.69, 9.17) is 9.73 Å². The van der Waals surface area contributed by atoms with Crippen LogP contribution in [0.4, 0.5) is 23.7 Å².